The van der Waals surface area contributed by atoms with Crippen LogP contribution >= 0.6 is 0 Å². The summed E-state index contributed by atoms with van der Waals surface area (Å²) in [4.78, 5) is 0. The van der Waals surface area contributed by atoms with E-state index in [9.17, 15) is 0 Å². The van der Waals surface area contributed by atoms with Crippen LogP contribution in [-0.4, -0.2) is 6.04 Å². The van der Waals surface area contributed by atoms with Crippen LogP contribution in [0.5, 0.6) is 0 Å². The molecule has 0 heterocycles. The zero-order valence-electron chi connectivity index (χ0n) is 8.34. The Morgan fingerprint density at radius 3 is 2.50 bits per heavy atom. The van der Waals surface area contributed by atoms with Gasteiger partial charge in [-0.2, -0.15) is 0 Å². The van der Waals surface area contributed by atoms with Crippen LogP contribution in [0.1, 0.15) is 46.0 Å². The number of nitrogens with two attached hydrogens (primary N) is 1. The smallest absolute Gasteiger partial charge is 0.0252 e. The molecule has 0 aromatic heterocycles. The first-order valence-electron chi connectivity index (χ1n) is 5.19. The fourth-order valence-corrected chi connectivity index (χ4v) is 1.70. The lowest BCUT2D eigenvalue weighted by Gasteiger charge is -2.14. The van der Waals surface area contributed by atoms with Crippen molar-refractivity contribution >= 4 is 0 Å². The molecule has 0 spiro atoms. The van der Waals surface area contributed by atoms with Gasteiger partial charge < -0.3 is 5.73 Å². The monoisotopic (exact) mass is 167 g/mol. The van der Waals surface area contributed by atoms with Gasteiger partial charge in [0.1, 0.15) is 0 Å². The molecule has 0 bridgehead atoms. The number of rotatable bonds is 3. The third-order valence-corrected chi connectivity index (χ3v) is 2.97. The maximum atomic E-state index is 6.03. The van der Waals surface area contributed by atoms with Gasteiger partial charge in [-0.15, -0.1) is 0 Å². The van der Waals surface area contributed by atoms with Crippen molar-refractivity contribution < 1.29 is 0 Å². The van der Waals surface area contributed by atoms with Crippen molar-refractivity contribution in [3.63, 3.8) is 0 Å². The van der Waals surface area contributed by atoms with E-state index >= 15 is 0 Å². The molecule has 2 unspecified atom stereocenters. The van der Waals surface area contributed by atoms with E-state index in [1.165, 1.54) is 32.1 Å². The largest absolute Gasteiger partial charge is 0.324 e. The SMILES string of the molecule is CCC(C)C(N)C=C1CCCC1. The molecule has 0 saturated heterocycles. The van der Waals surface area contributed by atoms with Crippen molar-refractivity contribution in [3.05, 3.63) is 11.6 Å². The van der Waals surface area contributed by atoms with Crippen LogP contribution in [0.2, 0.25) is 0 Å². The highest BCUT2D eigenvalue weighted by Gasteiger charge is 2.11. The van der Waals surface area contributed by atoms with Crippen LogP contribution in [-0.2, 0) is 0 Å². The summed E-state index contributed by atoms with van der Waals surface area (Å²) >= 11 is 0. The van der Waals surface area contributed by atoms with E-state index in [-0.39, 0.29) is 0 Å². The molecule has 1 heteroatoms. The van der Waals surface area contributed by atoms with Crippen LogP contribution in [0.25, 0.3) is 0 Å². The van der Waals surface area contributed by atoms with E-state index in [0.717, 1.165) is 0 Å². The van der Waals surface area contributed by atoms with Crippen LogP contribution in [0.15, 0.2) is 11.6 Å². The summed E-state index contributed by atoms with van der Waals surface area (Å²) < 4.78 is 0. The second kappa shape index (κ2) is 4.66. The molecule has 1 aliphatic carbocycles. The van der Waals surface area contributed by atoms with Gasteiger partial charge in [0.05, 0.1) is 0 Å². The first-order valence-corrected chi connectivity index (χ1v) is 5.19. The van der Waals surface area contributed by atoms with E-state index < -0.39 is 0 Å². The van der Waals surface area contributed by atoms with Gasteiger partial charge in [0.2, 0.25) is 0 Å². The van der Waals surface area contributed by atoms with Gasteiger partial charge in [-0.25, -0.2) is 0 Å². The fourth-order valence-electron chi connectivity index (χ4n) is 1.70. The highest BCUT2D eigenvalue weighted by molar-refractivity contribution is 5.10. The standard InChI is InChI=1S/C11H21N/c1-3-9(2)11(12)8-10-6-4-5-7-10/h8-9,11H,3-7,12H2,1-2H3. The molecule has 1 rings (SSSR count). The molecule has 0 aliphatic heterocycles. The Hall–Kier alpha value is -0.300. The van der Waals surface area contributed by atoms with Crippen molar-refractivity contribution in [3.8, 4) is 0 Å². The molecule has 2 atom stereocenters. The summed E-state index contributed by atoms with van der Waals surface area (Å²) in [5.41, 5.74) is 7.63. The molecule has 1 nitrogen and oxygen atoms in total. The van der Waals surface area contributed by atoms with Gasteiger partial charge in [0.15, 0.2) is 0 Å². The zero-order chi connectivity index (χ0) is 8.97. The Morgan fingerprint density at radius 1 is 1.42 bits per heavy atom. The number of hydrogen-bond donors (Lipinski definition) is 1. The minimum atomic E-state index is 0.295. The van der Waals surface area contributed by atoms with E-state index in [2.05, 4.69) is 19.9 Å². The fraction of sp³-hybridized carbons (Fsp3) is 0.818. The maximum absolute atomic E-state index is 6.03. The molecule has 0 aromatic rings. The average molecular weight is 167 g/mol. The van der Waals surface area contributed by atoms with Gasteiger partial charge >= 0.3 is 0 Å². The summed E-state index contributed by atoms with van der Waals surface area (Å²) in [6.07, 6.45) is 8.83. The lowest BCUT2D eigenvalue weighted by molar-refractivity contribution is 0.500. The van der Waals surface area contributed by atoms with Crippen LogP contribution in [0.4, 0.5) is 0 Å². The van der Waals surface area contributed by atoms with E-state index in [4.69, 9.17) is 5.73 Å². The summed E-state index contributed by atoms with van der Waals surface area (Å²) in [6, 6.07) is 0.295. The molecule has 1 fully saturated rings. The normalized spacial score (nSPS) is 22.4. The molecule has 12 heavy (non-hydrogen) atoms. The first kappa shape index (κ1) is 9.79. The predicted molar refractivity (Wildman–Crippen MR) is 54.0 cm³/mol. The number of allylic oxidation sites excluding steroid dienone is 1. The highest BCUT2D eigenvalue weighted by Crippen LogP contribution is 2.24. The Balaban J connectivity index is 2.42. The number of hydrogen-bond acceptors (Lipinski definition) is 1. The third kappa shape index (κ3) is 2.63. The Labute approximate surface area is 76.0 Å². The molecule has 1 aliphatic rings. The van der Waals surface area contributed by atoms with Crippen molar-refractivity contribution in [2.75, 3.05) is 0 Å². The van der Waals surface area contributed by atoms with Gasteiger partial charge in [-0.1, -0.05) is 31.9 Å². The molecular weight excluding hydrogens is 146 g/mol. The lowest BCUT2D eigenvalue weighted by Crippen LogP contribution is -2.25. The molecule has 70 valence electrons. The topological polar surface area (TPSA) is 26.0 Å². The molecule has 0 radical (unpaired) electrons. The van der Waals surface area contributed by atoms with Crippen LogP contribution in [0.3, 0.4) is 0 Å². The van der Waals surface area contributed by atoms with Gasteiger partial charge in [-0.05, 0) is 31.6 Å². The second-order valence-electron chi connectivity index (χ2n) is 3.99. The summed E-state index contributed by atoms with van der Waals surface area (Å²) in [6.45, 7) is 4.44. The maximum Gasteiger partial charge on any atom is 0.0252 e. The quantitative estimate of drug-likeness (QED) is 0.643. The highest BCUT2D eigenvalue weighted by atomic mass is 14.6. The molecule has 1 saturated carbocycles. The minimum Gasteiger partial charge on any atom is -0.324 e. The molecule has 2 N–H and O–H groups in total. The molecule has 0 aromatic carbocycles. The Kier molecular flexibility index (Phi) is 3.80. The summed E-state index contributed by atoms with van der Waals surface area (Å²) in [5, 5.41) is 0. The first-order chi connectivity index (χ1) is 5.74. The van der Waals surface area contributed by atoms with Crippen LogP contribution in [0, 0.1) is 5.92 Å². The zero-order valence-corrected chi connectivity index (χ0v) is 8.34. The summed E-state index contributed by atoms with van der Waals surface area (Å²) in [5.74, 6) is 0.637. The Bertz CT molecular complexity index is 152. The second-order valence-corrected chi connectivity index (χ2v) is 3.99. The van der Waals surface area contributed by atoms with Gasteiger partial charge in [0.25, 0.3) is 0 Å². The third-order valence-electron chi connectivity index (χ3n) is 2.97. The van der Waals surface area contributed by atoms with E-state index in [0.29, 0.717) is 12.0 Å². The lowest BCUT2D eigenvalue weighted by atomic mass is 9.97. The van der Waals surface area contributed by atoms with Gasteiger partial charge in [-0.3, -0.25) is 0 Å². The van der Waals surface area contributed by atoms with Crippen molar-refractivity contribution in [1.82, 2.24) is 0 Å². The van der Waals surface area contributed by atoms with Gasteiger partial charge in [0, 0.05) is 6.04 Å². The van der Waals surface area contributed by atoms with Crippen molar-refractivity contribution in [1.29, 1.82) is 0 Å². The van der Waals surface area contributed by atoms with Crippen LogP contribution < -0.4 is 5.73 Å². The molecular formula is C11H21N. The van der Waals surface area contributed by atoms with E-state index in [1.807, 2.05) is 0 Å². The van der Waals surface area contributed by atoms with E-state index in [1.54, 1.807) is 5.57 Å². The van der Waals surface area contributed by atoms with Crippen molar-refractivity contribution in [2.24, 2.45) is 11.7 Å². The summed E-state index contributed by atoms with van der Waals surface area (Å²) in [7, 11) is 0. The average Bonchev–Trinajstić information content (AvgIpc) is 2.55. The molecule has 0 amide bonds. The Morgan fingerprint density at radius 2 is 2.00 bits per heavy atom. The minimum absolute atomic E-state index is 0.295. The predicted octanol–water partition coefficient (Wildman–Crippen LogP) is 2.86. The van der Waals surface area contributed by atoms with Crippen molar-refractivity contribution in [2.45, 2.75) is 52.0 Å².